The van der Waals surface area contributed by atoms with Gasteiger partial charge in [0.05, 0.1) is 25.2 Å². The first kappa shape index (κ1) is 18.1. The predicted octanol–water partition coefficient (Wildman–Crippen LogP) is 2.67. The number of nitrogens with one attached hydrogen (secondary N) is 1. The fourth-order valence-corrected chi connectivity index (χ4v) is 2.53. The lowest BCUT2D eigenvalue weighted by Crippen LogP contribution is -2.41. The highest BCUT2D eigenvalue weighted by Gasteiger charge is 2.35. The van der Waals surface area contributed by atoms with Gasteiger partial charge in [-0.1, -0.05) is 26.7 Å². The monoisotopic (exact) mass is 335 g/mol. The van der Waals surface area contributed by atoms with E-state index in [9.17, 15) is 14.7 Å². The Kier molecular flexibility index (Phi) is 6.46. The minimum Gasteiger partial charge on any atom is -0.509 e. The molecule has 0 spiro atoms. The van der Waals surface area contributed by atoms with Crippen LogP contribution in [0.3, 0.4) is 0 Å². The molecular weight excluding hydrogens is 310 g/mol. The summed E-state index contributed by atoms with van der Waals surface area (Å²) in [6.07, 6.45) is 6.98. The topological polar surface area (TPSA) is 84.9 Å². The second-order valence-electron chi connectivity index (χ2n) is 5.89. The normalized spacial score (nSPS) is 19.9. The van der Waals surface area contributed by atoms with Crippen molar-refractivity contribution in [2.75, 3.05) is 13.2 Å². The van der Waals surface area contributed by atoms with Crippen LogP contribution in [0.25, 0.3) is 0 Å². The van der Waals surface area contributed by atoms with E-state index in [1.807, 2.05) is 6.92 Å². The number of carbonyl (C=O) groups excluding carboxylic acids is 2. The summed E-state index contributed by atoms with van der Waals surface area (Å²) in [5, 5.41) is 13.2. The number of hydrogen-bond donors (Lipinski definition) is 2. The molecule has 24 heavy (non-hydrogen) atoms. The van der Waals surface area contributed by atoms with Crippen LogP contribution in [-0.2, 0) is 19.1 Å². The lowest BCUT2D eigenvalue weighted by atomic mass is 9.88. The zero-order valence-corrected chi connectivity index (χ0v) is 14.3. The molecular formula is C18H25NO5. The third-order valence-electron chi connectivity index (χ3n) is 3.92. The first-order valence-electron chi connectivity index (χ1n) is 8.51. The number of ether oxygens (including phenoxy) is 2. The Morgan fingerprint density at radius 1 is 1.29 bits per heavy atom. The van der Waals surface area contributed by atoms with Crippen molar-refractivity contribution in [2.24, 2.45) is 0 Å². The van der Waals surface area contributed by atoms with Gasteiger partial charge in [-0.05, 0) is 18.9 Å². The second kappa shape index (κ2) is 8.57. The van der Waals surface area contributed by atoms with Gasteiger partial charge < -0.3 is 19.9 Å². The number of allylic oxidation sites excluding steroid dienone is 4. The van der Waals surface area contributed by atoms with Crippen molar-refractivity contribution < 1.29 is 24.2 Å². The van der Waals surface area contributed by atoms with Crippen molar-refractivity contribution in [3.05, 3.63) is 34.9 Å². The molecule has 6 heteroatoms. The molecule has 0 bridgehead atoms. The van der Waals surface area contributed by atoms with Crippen molar-refractivity contribution in [3.63, 3.8) is 0 Å². The molecule has 0 aromatic heterocycles. The summed E-state index contributed by atoms with van der Waals surface area (Å²) in [7, 11) is 0. The predicted molar refractivity (Wildman–Crippen MR) is 89.1 cm³/mol. The number of esters is 1. The number of carbonyl (C=O) groups is 2. The van der Waals surface area contributed by atoms with Crippen molar-refractivity contribution in [1.82, 2.24) is 5.32 Å². The third-order valence-corrected chi connectivity index (χ3v) is 3.92. The molecule has 0 radical (unpaired) electrons. The average molecular weight is 335 g/mol. The molecule has 1 aliphatic carbocycles. The quantitative estimate of drug-likeness (QED) is 0.524. The van der Waals surface area contributed by atoms with E-state index in [2.05, 4.69) is 12.2 Å². The maximum atomic E-state index is 12.4. The van der Waals surface area contributed by atoms with E-state index in [1.165, 1.54) is 0 Å². The number of fused-ring (bicyclic) bond motifs is 1. The number of aliphatic hydroxyl groups is 1. The van der Waals surface area contributed by atoms with Gasteiger partial charge in [0.25, 0.3) is 0 Å². The molecule has 0 fully saturated rings. The van der Waals surface area contributed by atoms with Crippen LogP contribution in [0.4, 0.5) is 0 Å². The zero-order chi connectivity index (χ0) is 17.5. The lowest BCUT2D eigenvalue weighted by molar-refractivity contribution is -0.145. The van der Waals surface area contributed by atoms with Gasteiger partial charge >= 0.3 is 5.97 Å². The van der Waals surface area contributed by atoms with Crippen LogP contribution in [0.5, 0.6) is 0 Å². The number of unbranched alkanes of at least 4 members (excludes halogenated alkanes) is 2. The highest BCUT2D eigenvalue weighted by atomic mass is 16.5. The number of Topliss-reactive ketones (excluding diaryl/α,β-unsaturated/α-hetero) is 1. The molecule has 2 N–H and O–H groups in total. The van der Waals surface area contributed by atoms with E-state index in [0.717, 1.165) is 25.7 Å². The Morgan fingerprint density at radius 2 is 2.00 bits per heavy atom. The van der Waals surface area contributed by atoms with Crippen molar-refractivity contribution in [1.29, 1.82) is 0 Å². The molecule has 1 unspecified atom stereocenters. The highest BCUT2D eigenvalue weighted by Crippen LogP contribution is 2.30. The standard InChI is InChI=1S/C18H25NO5/c1-3-5-7-23-13-9-12-11-19-16(18(22)24-8-6-4-2)17(21)15(12)14(20)10-13/h9,11,16,19,21H,3-8,10H2,1-2H3. The first-order valence-corrected chi connectivity index (χ1v) is 8.51. The molecule has 0 aromatic rings. The third kappa shape index (κ3) is 4.19. The van der Waals surface area contributed by atoms with Gasteiger partial charge in [-0.15, -0.1) is 0 Å². The summed E-state index contributed by atoms with van der Waals surface area (Å²) in [4.78, 5) is 24.4. The molecule has 2 rings (SSSR count). The van der Waals surface area contributed by atoms with Crippen LogP contribution >= 0.6 is 0 Å². The molecule has 132 valence electrons. The van der Waals surface area contributed by atoms with Gasteiger partial charge in [0.15, 0.2) is 11.8 Å². The Morgan fingerprint density at radius 3 is 2.71 bits per heavy atom. The summed E-state index contributed by atoms with van der Waals surface area (Å²) >= 11 is 0. The molecule has 0 amide bonds. The average Bonchev–Trinajstić information content (AvgIpc) is 2.55. The van der Waals surface area contributed by atoms with E-state index >= 15 is 0 Å². The number of hydrogen-bond acceptors (Lipinski definition) is 6. The van der Waals surface area contributed by atoms with E-state index in [4.69, 9.17) is 9.47 Å². The molecule has 0 saturated heterocycles. The second-order valence-corrected chi connectivity index (χ2v) is 5.89. The number of rotatable bonds is 8. The van der Waals surface area contributed by atoms with Crippen molar-refractivity contribution in [3.8, 4) is 0 Å². The Bertz CT molecular complexity index is 588. The smallest absolute Gasteiger partial charge is 0.336 e. The molecule has 1 heterocycles. The minimum atomic E-state index is -1.03. The van der Waals surface area contributed by atoms with Crippen molar-refractivity contribution in [2.45, 2.75) is 52.0 Å². The summed E-state index contributed by atoms with van der Waals surface area (Å²) in [6, 6.07) is -1.03. The summed E-state index contributed by atoms with van der Waals surface area (Å²) in [5.41, 5.74) is 0.710. The molecule has 6 nitrogen and oxygen atoms in total. The Balaban J connectivity index is 2.09. The summed E-state index contributed by atoms with van der Waals surface area (Å²) < 4.78 is 10.7. The fourth-order valence-electron chi connectivity index (χ4n) is 2.53. The minimum absolute atomic E-state index is 0.0953. The number of ketones is 1. The summed E-state index contributed by atoms with van der Waals surface area (Å²) in [6.45, 7) is 4.92. The summed E-state index contributed by atoms with van der Waals surface area (Å²) in [5.74, 6) is -0.518. The zero-order valence-electron chi connectivity index (χ0n) is 14.3. The SMILES string of the molecule is CCCCOC(=O)C1NC=C2C=C(OCCCC)CC(=O)C2=C1O. The fraction of sp³-hybridized carbons (Fsp3) is 0.556. The van der Waals surface area contributed by atoms with E-state index in [-0.39, 0.29) is 23.5 Å². The van der Waals surface area contributed by atoms with Gasteiger partial charge in [-0.3, -0.25) is 4.79 Å². The van der Waals surface area contributed by atoms with Gasteiger partial charge in [0.2, 0.25) is 0 Å². The number of aliphatic hydroxyl groups excluding tert-OH is 1. The van der Waals surface area contributed by atoms with Crippen molar-refractivity contribution >= 4 is 11.8 Å². The maximum absolute atomic E-state index is 12.4. The largest absolute Gasteiger partial charge is 0.509 e. The van der Waals surface area contributed by atoms with E-state index < -0.39 is 12.0 Å². The Hall–Kier alpha value is -2.24. The van der Waals surface area contributed by atoms with Gasteiger partial charge in [0.1, 0.15) is 11.5 Å². The molecule has 2 aliphatic rings. The van der Waals surface area contributed by atoms with E-state index in [0.29, 0.717) is 24.5 Å². The molecule has 0 saturated carbocycles. The van der Waals surface area contributed by atoms with Gasteiger partial charge in [-0.2, -0.15) is 0 Å². The van der Waals surface area contributed by atoms with Crippen LogP contribution in [0.2, 0.25) is 0 Å². The number of dihydropyridines is 1. The Labute approximate surface area is 142 Å². The van der Waals surface area contributed by atoms with Gasteiger partial charge in [0, 0.05) is 11.8 Å². The van der Waals surface area contributed by atoms with E-state index in [1.54, 1.807) is 12.3 Å². The van der Waals surface area contributed by atoms with Crippen LogP contribution in [0.1, 0.15) is 46.0 Å². The molecule has 0 aromatic carbocycles. The first-order chi connectivity index (χ1) is 11.6. The molecule has 1 atom stereocenters. The van der Waals surface area contributed by atoms with Crippen LogP contribution in [0.15, 0.2) is 34.9 Å². The lowest BCUT2D eigenvalue weighted by Gasteiger charge is -2.26. The van der Waals surface area contributed by atoms with Crippen LogP contribution in [0, 0.1) is 0 Å². The maximum Gasteiger partial charge on any atom is 0.336 e. The molecule has 1 aliphatic heterocycles. The highest BCUT2D eigenvalue weighted by molar-refractivity contribution is 6.05. The van der Waals surface area contributed by atoms with Gasteiger partial charge in [-0.25, -0.2) is 4.79 Å². The van der Waals surface area contributed by atoms with Crippen LogP contribution in [-0.4, -0.2) is 36.1 Å². The van der Waals surface area contributed by atoms with Crippen LogP contribution < -0.4 is 5.32 Å².